The lowest BCUT2D eigenvalue weighted by molar-refractivity contribution is -0.133. The number of carbonyl (C=O) groups is 2. The minimum Gasteiger partial charge on any atom is -0.490 e. The molecule has 1 saturated heterocycles. The summed E-state index contributed by atoms with van der Waals surface area (Å²) in [4.78, 5) is 24.3. The number of piperidine rings is 1. The van der Waals surface area contributed by atoms with Crippen LogP contribution in [-0.2, 0) is 9.59 Å². The number of likely N-dealkylation sites (tertiary alicyclic amines) is 1. The summed E-state index contributed by atoms with van der Waals surface area (Å²) in [5.74, 6) is 0.254. The van der Waals surface area contributed by atoms with E-state index in [9.17, 15) is 9.59 Å². The molecule has 6 heteroatoms. The van der Waals surface area contributed by atoms with Crippen LogP contribution in [0.2, 0.25) is 0 Å². The van der Waals surface area contributed by atoms with Crippen LogP contribution in [0.15, 0.2) is 18.2 Å². The van der Waals surface area contributed by atoms with Crippen LogP contribution in [0, 0.1) is 13.8 Å². The fourth-order valence-electron chi connectivity index (χ4n) is 2.55. The van der Waals surface area contributed by atoms with Gasteiger partial charge < -0.3 is 14.7 Å². The van der Waals surface area contributed by atoms with E-state index in [1.165, 1.54) is 5.56 Å². The van der Waals surface area contributed by atoms with Gasteiger partial charge in [-0.1, -0.05) is 12.1 Å². The normalized spacial score (nSPS) is 15.5. The van der Waals surface area contributed by atoms with Crippen molar-refractivity contribution in [2.24, 2.45) is 0 Å². The average Bonchev–Trinajstić information content (AvgIpc) is 2.51. The van der Waals surface area contributed by atoms with E-state index in [2.05, 4.69) is 18.2 Å². The van der Waals surface area contributed by atoms with Gasteiger partial charge in [0.15, 0.2) is 0 Å². The maximum Gasteiger partial charge on any atom is 0.313 e. The maximum atomic E-state index is 12.0. The van der Waals surface area contributed by atoms with Crippen molar-refractivity contribution in [1.29, 1.82) is 0 Å². The summed E-state index contributed by atoms with van der Waals surface area (Å²) in [6.07, 6.45) is 1.75. The zero-order valence-electron chi connectivity index (χ0n) is 13.6. The topological polar surface area (TPSA) is 66.8 Å². The molecule has 126 valence electrons. The van der Waals surface area contributed by atoms with Crippen LogP contribution in [0.25, 0.3) is 0 Å². The van der Waals surface area contributed by atoms with Crippen molar-refractivity contribution in [2.75, 3.05) is 24.6 Å². The minimum absolute atomic E-state index is 0.0152. The Morgan fingerprint density at radius 1 is 1.26 bits per heavy atom. The van der Waals surface area contributed by atoms with Crippen LogP contribution in [-0.4, -0.2) is 52.6 Å². The fourth-order valence-corrected chi connectivity index (χ4v) is 3.19. The van der Waals surface area contributed by atoms with Crippen LogP contribution in [0.4, 0.5) is 0 Å². The van der Waals surface area contributed by atoms with E-state index in [4.69, 9.17) is 9.84 Å². The van der Waals surface area contributed by atoms with E-state index in [0.717, 1.165) is 35.9 Å². The smallest absolute Gasteiger partial charge is 0.313 e. The molecule has 1 aliphatic heterocycles. The summed E-state index contributed by atoms with van der Waals surface area (Å²) in [5.41, 5.74) is 2.30. The number of amides is 1. The zero-order valence-corrected chi connectivity index (χ0v) is 14.4. The maximum absolute atomic E-state index is 12.0. The third-order valence-electron chi connectivity index (χ3n) is 3.88. The Balaban J connectivity index is 1.78. The van der Waals surface area contributed by atoms with Crippen LogP contribution in [0.1, 0.15) is 24.0 Å². The molecule has 0 spiro atoms. The molecule has 0 unspecified atom stereocenters. The summed E-state index contributed by atoms with van der Waals surface area (Å²) in [6, 6.07) is 6.18. The molecule has 0 atom stereocenters. The zero-order chi connectivity index (χ0) is 16.8. The number of aryl methyl sites for hydroxylation is 2. The predicted octanol–water partition coefficient (Wildman–Crippen LogP) is 2.49. The summed E-state index contributed by atoms with van der Waals surface area (Å²) in [6.45, 7) is 5.42. The van der Waals surface area contributed by atoms with Crippen molar-refractivity contribution < 1.29 is 19.4 Å². The molecular weight excluding hydrogens is 314 g/mol. The average molecular weight is 337 g/mol. The number of carbonyl (C=O) groups excluding carboxylic acids is 1. The number of rotatable bonds is 6. The van der Waals surface area contributed by atoms with Gasteiger partial charge in [0.05, 0.1) is 11.5 Å². The Morgan fingerprint density at radius 3 is 2.61 bits per heavy atom. The Kier molecular flexibility index (Phi) is 6.33. The highest BCUT2D eigenvalue weighted by Gasteiger charge is 2.24. The SMILES string of the molecule is Cc1ccc(C)c(OC2CCN(C(=O)CSCC(=O)O)CC2)c1. The standard InChI is InChI=1S/C17H23NO4S/c1-12-3-4-13(2)15(9-12)22-14-5-7-18(8-6-14)16(19)10-23-11-17(20)21/h3-4,9,14H,5-8,10-11H2,1-2H3,(H,20,21). The van der Waals surface area contributed by atoms with Crippen molar-refractivity contribution in [3.8, 4) is 5.75 Å². The summed E-state index contributed by atoms with van der Waals surface area (Å²) in [5, 5.41) is 8.59. The monoisotopic (exact) mass is 337 g/mol. The highest BCUT2D eigenvalue weighted by atomic mass is 32.2. The van der Waals surface area contributed by atoms with Gasteiger partial charge in [0.25, 0.3) is 0 Å². The molecule has 5 nitrogen and oxygen atoms in total. The number of hydrogen-bond donors (Lipinski definition) is 1. The van der Waals surface area contributed by atoms with Gasteiger partial charge in [0.2, 0.25) is 5.91 Å². The number of ether oxygens (including phenoxy) is 1. The first-order chi connectivity index (χ1) is 11.0. The van der Waals surface area contributed by atoms with Crippen LogP contribution >= 0.6 is 11.8 Å². The molecule has 1 fully saturated rings. The third-order valence-corrected chi connectivity index (χ3v) is 4.79. The second kappa shape index (κ2) is 8.24. The lowest BCUT2D eigenvalue weighted by atomic mass is 10.1. The van der Waals surface area contributed by atoms with E-state index >= 15 is 0 Å². The van der Waals surface area contributed by atoms with Crippen LogP contribution < -0.4 is 4.74 Å². The number of carboxylic acid groups (broad SMARTS) is 1. The molecular formula is C17H23NO4S. The Bertz CT molecular complexity index is 568. The van der Waals surface area contributed by atoms with Gasteiger partial charge in [-0.3, -0.25) is 9.59 Å². The van der Waals surface area contributed by atoms with Crippen molar-refractivity contribution in [2.45, 2.75) is 32.8 Å². The second-order valence-electron chi connectivity index (χ2n) is 5.85. The Morgan fingerprint density at radius 2 is 1.96 bits per heavy atom. The molecule has 0 bridgehead atoms. The molecule has 0 aromatic heterocycles. The summed E-state index contributed by atoms with van der Waals surface area (Å²) >= 11 is 1.15. The minimum atomic E-state index is -0.886. The quantitative estimate of drug-likeness (QED) is 0.864. The molecule has 1 heterocycles. The van der Waals surface area contributed by atoms with Crippen molar-refractivity contribution in [1.82, 2.24) is 4.90 Å². The van der Waals surface area contributed by atoms with Crippen LogP contribution in [0.5, 0.6) is 5.75 Å². The number of hydrogen-bond acceptors (Lipinski definition) is 4. The summed E-state index contributed by atoms with van der Waals surface area (Å²) < 4.78 is 6.09. The highest BCUT2D eigenvalue weighted by Crippen LogP contribution is 2.24. The number of carboxylic acids is 1. The van der Waals surface area contributed by atoms with Crippen LogP contribution in [0.3, 0.4) is 0 Å². The second-order valence-corrected chi connectivity index (χ2v) is 6.84. The lowest BCUT2D eigenvalue weighted by Gasteiger charge is -2.32. The first-order valence-corrected chi connectivity index (χ1v) is 8.92. The molecule has 1 aromatic carbocycles. The first kappa shape index (κ1) is 17.7. The van der Waals surface area contributed by atoms with Crippen molar-refractivity contribution in [3.05, 3.63) is 29.3 Å². The van der Waals surface area contributed by atoms with E-state index in [-0.39, 0.29) is 23.5 Å². The lowest BCUT2D eigenvalue weighted by Crippen LogP contribution is -2.42. The van der Waals surface area contributed by atoms with E-state index < -0.39 is 5.97 Å². The number of nitrogens with zero attached hydrogens (tertiary/aromatic N) is 1. The molecule has 1 aromatic rings. The fraction of sp³-hybridized carbons (Fsp3) is 0.529. The van der Waals surface area contributed by atoms with Crippen molar-refractivity contribution in [3.63, 3.8) is 0 Å². The highest BCUT2D eigenvalue weighted by molar-refractivity contribution is 8.00. The van der Waals surface area contributed by atoms with Crippen molar-refractivity contribution >= 4 is 23.6 Å². The van der Waals surface area contributed by atoms with E-state index in [1.54, 1.807) is 4.90 Å². The predicted molar refractivity (Wildman–Crippen MR) is 91.1 cm³/mol. The molecule has 0 radical (unpaired) electrons. The Labute approximate surface area is 141 Å². The third kappa shape index (κ3) is 5.46. The molecule has 0 saturated carbocycles. The number of benzene rings is 1. The van der Waals surface area contributed by atoms with E-state index in [1.807, 2.05) is 13.8 Å². The molecule has 2 rings (SSSR count). The van der Waals surface area contributed by atoms with Gasteiger partial charge >= 0.3 is 5.97 Å². The largest absolute Gasteiger partial charge is 0.490 e. The van der Waals surface area contributed by atoms with Gasteiger partial charge in [0.1, 0.15) is 11.9 Å². The molecule has 0 aliphatic carbocycles. The van der Waals surface area contributed by atoms with Gasteiger partial charge in [-0.2, -0.15) is 0 Å². The first-order valence-electron chi connectivity index (χ1n) is 7.77. The number of aliphatic carboxylic acids is 1. The molecule has 1 amide bonds. The van der Waals surface area contributed by atoms with Gasteiger partial charge in [-0.05, 0) is 31.0 Å². The molecule has 23 heavy (non-hydrogen) atoms. The Hall–Kier alpha value is -1.69. The molecule has 1 aliphatic rings. The van der Waals surface area contributed by atoms with E-state index in [0.29, 0.717) is 13.1 Å². The van der Waals surface area contributed by atoms with Gasteiger partial charge in [0, 0.05) is 25.9 Å². The van der Waals surface area contributed by atoms with Gasteiger partial charge in [-0.15, -0.1) is 11.8 Å². The number of thioether (sulfide) groups is 1. The molecule has 1 N–H and O–H groups in total. The summed E-state index contributed by atoms with van der Waals surface area (Å²) in [7, 11) is 0. The van der Waals surface area contributed by atoms with Gasteiger partial charge in [-0.25, -0.2) is 0 Å².